The van der Waals surface area contributed by atoms with E-state index in [0.717, 1.165) is 52.8 Å². The van der Waals surface area contributed by atoms with Crippen molar-refractivity contribution in [3.63, 3.8) is 0 Å². The largest absolute Gasteiger partial charge is 0.329 e. The number of hydrogen-bond acceptors (Lipinski definition) is 1. The van der Waals surface area contributed by atoms with Crippen LogP contribution in [0, 0.1) is 6.92 Å². The zero-order valence-electron chi connectivity index (χ0n) is 16.5. The highest BCUT2D eigenvalue weighted by Crippen LogP contribution is 2.31. The third-order valence-corrected chi connectivity index (χ3v) is 7.67. The Morgan fingerprint density at radius 2 is 1.48 bits per heavy atom. The molecule has 29 heavy (non-hydrogen) atoms. The molecule has 0 N–H and O–H groups in total. The summed E-state index contributed by atoms with van der Waals surface area (Å²) in [5.41, 5.74) is 4.65. The molecule has 4 rings (SSSR count). The SMILES string of the molecule is Cc1c(C(=O)N2CC[S+](C)CC2)cc(-c2ccc(Cl)cc2)n1-c1ccc(Cl)cc1. The van der Waals surface area contributed by atoms with E-state index in [4.69, 9.17) is 23.2 Å². The number of carbonyl (C=O) groups is 1. The summed E-state index contributed by atoms with van der Waals surface area (Å²) < 4.78 is 2.13. The van der Waals surface area contributed by atoms with Crippen LogP contribution in [0.2, 0.25) is 10.0 Å². The summed E-state index contributed by atoms with van der Waals surface area (Å²) in [6, 6.07) is 17.4. The first-order chi connectivity index (χ1) is 13.9. The fourth-order valence-corrected chi connectivity index (χ4v) is 5.22. The quantitative estimate of drug-likeness (QED) is 0.491. The van der Waals surface area contributed by atoms with Crippen LogP contribution in [0.3, 0.4) is 0 Å². The summed E-state index contributed by atoms with van der Waals surface area (Å²) in [4.78, 5) is 15.3. The average molecular weight is 446 g/mol. The van der Waals surface area contributed by atoms with E-state index >= 15 is 0 Å². The highest BCUT2D eigenvalue weighted by atomic mass is 35.5. The molecule has 1 aromatic heterocycles. The predicted molar refractivity (Wildman–Crippen MR) is 125 cm³/mol. The number of halogens is 2. The molecule has 2 aromatic carbocycles. The van der Waals surface area contributed by atoms with Gasteiger partial charge in [-0.05, 0) is 65.8 Å². The fourth-order valence-electron chi connectivity index (χ4n) is 3.70. The van der Waals surface area contributed by atoms with Crippen molar-refractivity contribution in [3.05, 3.63) is 75.9 Å². The van der Waals surface area contributed by atoms with Gasteiger partial charge in [0.25, 0.3) is 5.91 Å². The van der Waals surface area contributed by atoms with E-state index in [1.54, 1.807) is 0 Å². The maximum atomic E-state index is 13.3. The molecule has 0 unspecified atom stereocenters. The Kier molecular flexibility index (Phi) is 5.95. The molecule has 1 fully saturated rings. The molecule has 0 saturated carbocycles. The topological polar surface area (TPSA) is 25.2 Å². The smallest absolute Gasteiger partial charge is 0.256 e. The monoisotopic (exact) mass is 445 g/mol. The fraction of sp³-hybridized carbons (Fsp3) is 0.261. The number of nitrogens with zero attached hydrogens (tertiary/aromatic N) is 2. The Bertz CT molecular complexity index is 1020. The average Bonchev–Trinajstić information content (AvgIpc) is 3.06. The Morgan fingerprint density at radius 3 is 2.07 bits per heavy atom. The van der Waals surface area contributed by atoms with Gasteiger partial charge in [-0.3, -0.25) is 4.79 Å². The van der Waals surface area contributed by atoms with Crippen LogP contribution >= 0.6 is 23.2 Å². The number of carbonyl (C=O) groups excluding carboxylic acids is 1. The predicted octanol–water partition coefficient (Wildman–Crippen LogP) is 5.46. The van der Waals surface area contributed by atoms with E-state index in [-0.39, 0.29) is 5.91 Å². The zero-order valence-corrected chi connectivity index (χ0v) is 18.8. The highest BCUT2D eigenvalue weighted by Gasteiger charge is 2.29. The highest BCUT2D eigenvalue weighted by molar-refractivity contribution is 7.96. The molecule has 2 heterocycles. The second kappa shape index (κ2) is 8.47. The first-order valence-electron chi connectivity index (χ1n) is 9.56. The standard InChI is InChI=1S/C23H23Cl2N2OS/c1-16-21(23(28)26-11-13-29(2)14-12-26)15-22(17-3-5-18(24)6-4-17)27(16)20-9-7-19(25)8-10-20/h3-10,15H,11-14H2,1-2H3/q+1. The molecular formula is C23H23Cl2N2OS+. The first-order valence-corrected chi connectivity index (χ1v) is 12.3. The van der Waals surface area contributed by atoms with Crippen LogP contribution in [-0.4, -0.2) is 46.2 Å². The van der Waals surface area contributed by atoms with Gasteiger partial charge in [0.05, 0.1) is 30.6 Å². The van der Waals surface area contributed by atoms with Crippen LogP contribution < -0.4 is 0 Å². The summed E-state index contributed by atoms with van der Waals surface area (Å²) in [5.74, 6) is 2.29. The molecular weight excluding hydrogens is 423 g/mol. The minimum Gasteiger partial charge on any atom is -0.329 e. The van der Waals surface area contributed by atoms with Gasteiger partial charge in [-0.25, -0.2) is 0 Å². The Balaban J connectivity index is 1.81. The Morgan fingerprint density at radius 1 is 0.931 bits per heavy atom. The van der Waals surface area contributed by atoms with E-state index in [1.807, 2.05) is 66.4 Å². The van der Waals surface area contributed by atoms with Crippen LogP contribution in [0.4, 0.5) is 0 Å². The van der Waals surface area contributed by atoms with Crippen molar-refractivity contribution in [1.82, 2.24) is 9.47 Å². The molecule has 150 valence electrons. The van der Waals surface area contributed by atoms with Gasteiger partial charge >= 0.3 is 0 Å². The molecule has 6 heteroatoms. The molecule has 3 aromatic rings. The molecule has 0 aliphatic carbocycles. The van der Waals surface area contributed by atoms with Crippen LogP contribution in [0.1, 0.15) is 16.1 Å². The van der Waals surface area contributed by atoms with Crippen LogP contribution in [0.25, 0.3) is 16.9 Å². The van der Waals surface area contributed by atoms with Crippen molar-refractivity contribution in [2.24, 2.45) is 0 Å². The first kappa shape index (κ1) is 20.4. The second-order valence-corrected chi connectivity index (χ2v) is 10.6. The molecule has 0 atom stereocenters. The van der Waals surface area contributed by atoms with E-state index in [2.05, 4.69) is 10.8 Å². The molecule has 0 spiro atoms. The zero-order chi connectivity index (χ0) is 20.5. The van der Waals surface area contributed by atoms with E-state index in [9.17, 15) is 4.79 Å². The van der Waals surface area contributed by atoms with Gasteiger partial charge in [0.15, 0.2) is 0 Å². The molecule has 0 bridgehead atoms. The summed E-state index contributed by atoms with van der Waals surface area (Å²) in [7, 11) is 0.424. The van der Waals surface area contributed by atoms with Gasteiger partial charge in [-0.15, -0.1) is 0 Å². The van der Waals surface area contributed by atoms with Gasteiger partial charge in [-0.1, -0.05) is 35.3 Å². The van der Waals surface area contributed by atoms with Crippen molar-refractivity contribution in [1.29, 1.82) is 0 Å². The van der Waals surface area contributed by atoms with Crippen LogP contribution in [0.15, 0.2) is 54.6 Å². The lowest BCUT2D eigenvalue weighted by atomic mass is 10.1. The molecule has 1 aliphatic heterocycles. The van der Waals surface area contributed by atoms with Crippen molar-refractivity contribution >= 4 is 40.0 Å². The van der Waals surface area contributed by atoms with Crippen LogP contribution in [-0.2, 0) is 10.9 Å². The lowest BCUT2D eigenvalue weighted by Gasteiger charge is -2.25. The minimum atomic E-state index is 0.113. The van der Waals surface area contributed by atoms with Gasteiger partial charge < -0.3 is 9.47 Å². The third kappa shape index (κ3) is 4.20. The maximum Gasteiger partial charge on any atom is 0.256 e. The summed E-state index contributed by atoms with van der Waals surface area (Å²) in [6.45, 7) is 3.68. The molecule has 1 aliphatic rings. The Hall–Kier alpha value is -1.88. The van der Waals surface area contributed by atoms with Gasteiger partial charge in [0, 0.05) is 21.4 Å². The van der Waals surface area contributed by atoms with E-state index < -0.39 is 0 Å². The van der Waals surface area contributed by atoms with Crippen LogP contribution in [0.5, 0.6) is 0 Å². The number of benzene rings is 2. The third-order valence-electron chi connectivity index (χ3n) is 5.41. The molecule has 1 saturated heterocycles. The maximum absolute atomic E-state index is 13.3. The Labute approximate surface area is 184 Å². The van der Waals surface area contributed by atoms with Crippen molar-refractivity contribution < 1.29 is 4.79 Å². The molecule has 3 nitrogen and oxygen atoms in total. The van der Waals surface area contributed by atoms with Gasteiger partial charge in [0.1, 0.15) is 11.5 Å². The van der Waals surface area contributed by atoms with Crippen molar-refractivity contribution in [2.75, 3.05) is 30.9 Å². The normalized spacial score (nSPS) is 15.0. The van der Waals surface area contributed by atoms with E-state index in [1.165, 1.54) is 0 Å². The molecule has 1 amide bonds. The number of hydrogen-bond donors (Lipinski definition) is 0. The minimum absolute atomic E-state index is 0.113. The van der Waals surface area contributed by atoms with Crippen molar-refractivity contribution in [3.8, 4) is 16.9 Å². The number of rotatable bonds is 3. The summed E-state index contributed by atoms with van der Waals surface area (Å²) in [6.07, 6.45) is 2.28. The van der Waals surface area contributed by atoms with Gasteiger partial charge in [-0.2, -0.15) is 0 Å². The second-order valence-electron chi connectivity index (χ2n) is 7.33. The lowest BCUT2D eigenvalue weighted by Crippen LogP contribution is -2.43. The van der Waals surface area contributed by atoms with E-state index in [0.29, 0.717) is 20.9 Å². The van der Waals surface area contributed by atoms with Crippen molar-refractivity contribution in [2.45, 2.75) is 6.92 Å². The van der Waals surface area contributed by atoms with Gasteiger partial charge in [0.2, 0.25) is 0 Å². The lowest BCUT2D eigenvalue weighted by molar-refractivity contribution is 0.0771. The number of amides is 1. The number of aromatic nitrogens is 1. The summed E-state index contributed by atoms with van der Waals surface area (Å²) in [5, 5.41) is 1.38. The summed E-state index contributed by atoms with van der Waals surface area (Å²) >= 11 is 12.2. The molecule has 0 radical (unpaired) electrons.